The van der Waals surface area contributed by atoms with Gasteiger partial charge >= 0.3 is 5.56 Å². The van der Waals surface area contributed by atoms with Crippen LogP contribution < -0.4 is 15.2 Å². The number of unbranched alkanes of at least 4 members (excludes halogenated alkanes) is 2. The van der Waals surface area contributed by atoms with Crippen molar-refractivity contribution in [3.63, 3.8) is 0 Å². The number of rotatable bonds is 9. The van der Waals surface area contributed by atoms with Gasteiger partial charge in [-0.2, -0.15) is 9.40 Å². The second kappa shape index (κ2) is 8.60. The van der Waals surface area contributed by atoms with Crippen LogP contribution >= 0.6 is 0 Å². The number of anilines is 1. The van der Waals surface area contributed by atoms with E-state index in [9.17, 15) is 13.2 Å². The number of piperazine rings is 1. The lowest BCUT2D eigenvalue weighted by Gasteiger charge is -2.35. The molecule has 27 heavy (non-hydrogen) atoms. The Kier molecular flexibility index (Phi) is 6.41. The maximum Gasteiger partial charge on any atom is 0.311 e. The third-order valence-electron chi connectivity index (χ3n) is 5.15. The first-order valence-corrected chi connectivity index (χ1v) is 11.7. The second-order valence-electron chi connectivity index (χ2n) is 7.49. The summed E-state index contributed by atoms with van der Waals surface area (Å²) in [6.45, 7) is 5.12. The van der Waals surface area contributed by atoms with E-state index in [1.807, 2.05) is 4.90 Å². The van der Waals surface area contributed by atoms with Crippen LogP contribution in [0.15, 0.2) is 11.0 Å². The van der Waals surface area contributed by atoms with Crippen LogP contribution in [-0.2, 0) is 16.6 Å². The molecule has 2 fully saturated rings. The molecule has 0 N–H and O–H groups in total. The van der Waals surface area contributed by atoms with Gasteiger partial charge in [-0.3, -0.25) is 4.79 Å². The highest BCUT2D eigenvalue weighted by atomic mass is 32.2. The van der Waals surface area contributed by atoms with E-state index in [1.165, 1.54) is 15.2 Å². The molecule has 0 atom stereocenters. The standard InChI is InChI=1S/C18H30N4O4S/c1-3-4-5-12-26-17-16(13-19-22(18(17)23)14-15-6-7-15)20-8-10-21(11-9-20)27(2,24)25/h13,15H,3-12,14H2,1-2H3. The summed E-state index contributed by atoms with van der Waals surface area (Å²) in [6, 6.07) is 0. The van der Waals surface area contributed by atoms with Crippen LogP contribution in [0.5, 0.6) is 5.75 Å². The average Bonchev–Trinajstić information content (AvgIpc) is 3.45. The number of sulfonamides is 1. The quantitative estimate of drug-likeness (QED) is 0.583. The molecule has 2 aliphatic rings. The highest BCUT2D eigenvalue weighted by molar-refractivity contribution is 7.88. The van der Waals surface area contributed by atoms with Crippen molar-refractivity contribution in [1.29, 1.82) is 0 Å². The molecule has 1 aliphatic carbocycles. The number of hydrogen-bond acceptors (Lipinski definition) is 6. The molecule has 0 bridgehead atoms. The fourth-order valence-corrected chi connectivity index (χ4v) is 4.11. The van der Waals surface area contributed by atoms with Crippen molar-refractivity contribution in [3.8, 4) is 5.75 Å². The number of nitrogens with zero attached hydrogens (tertiary/aromatic N) is 4. The zero-order valence-corrected chi connectivity index (χ0v) is 17.1. The first-order valence-electron chi connectivity index (χ1n) is 9.83. The Morgan fingerprint density at radius 1 is 1.19 bits per heavy atom. The molecule has 0 aromatic carbocycles. The van der Waals surface area contributed by atoms with Gasteiger partial charge in [0.25, 0.3) is 0 Å². The highest BCUT2D eigenvalue weighted by Gasteiger charge is 2.28. The summed E-state index contributed by atoms with van der Waals surface area (Å²) in [5.74, 6) is 0.904. The summed E-state index contributed by atoms with van der Waals surface area (Å²) in [6.07, 6.45) is 8.28. The first-order chi connectivity index (χ1) is 12.9. The summed E-state index contributed by atoms with van der Waals surface area (Å²) >= 11 is 0. The minimum atomic E-state index is -3.19. The topological polar surface area (TPSA) is 84.7 Å². The predicted octanol–water partition coefficient (Wildman–Crippen LogP) is 1.30. The van der Waals surface area contributed by atoms with E-state index in [0.717, 1.165) is 32.1 Å². The Morgan fingerprint density at radius 3 is 2.48 bits per heavy atom. The molecule has 1 aliphatic heterocycles. The molecule has 1 saturated carbocycles. The summed E-state index contributed by atoms with van der Waals surface area (Å²) in [7, 11) is -3.19. The van der Waals surface area contributed by atoms with Crippen molar-refractivity contribution in [1.82, 2.24) is 14.1 Å². The minimum absolute atomic E-state index is 0.179. The fraction of sp³-hybridized carbons (Fsp3) is 0.778. The smallest absolute Gasteiger partial charge is 0.311 e. The number of ether oxygens (including phenoxy) is 1. The zero-order valence-electron chi connectivity index (χ0n) is 16.3. The van der Waals surface area contributed by atoms with Gasteiger partial charge in [0.1, 0.15) is 5.69 Å². The molecule has 0 radical (unpaired) electrons. The third kappa shape index (κ3) is 5.22. The van der Waals surface area contributed by atoms with Crippen molar-refractivity contribution in [2.24, 2.45) is 5.92 Å². The molecule has 9 heteroatoms. The van der Waals surface area contributed by atoms with Crippen LogP contribution in [-0.4, -0.2) is 61.5 Å². The molecule has 0 spiro atoms. The van der Waals surface area contributed by atoms with Crippen molar-refractivity contribution >= 4 is 15.7 Å². The molecular weight excluding hydrogens is 368 g/mol. The summed E-state index contributed by atoms with van der Waals surface area (Å²) in [5.41, 5.74) is 0.498. The molecule has 3 rings (SSSR count). The lowest BCUT2D eigenvalue weighted by Crippen LogP contribution is -2.48. The molecular formula is C18H30N4O4S. The molecule has 0 unspecified atom stereocenters. The molecule has 152 valence electrons. The van der Waals surface area contributed by atoms with E-state index in [-0.39, 0.29) is 5.56 Å². The second-order valence-corrected chi connectivity index (χ2v) is 9.48. The highest BCUT2D eigenvalue weighted by Crippen LogP contribution is 2.31. The predicted molar refractivity (Wildman–Crippen MR) is 105 cm³/mol. The van der Waals surface area contributed by atoms with Gasteiger partial charge in [-0.05, 0) is 25.2 Å². The lowest BCUT2D eigenvalue weighted by molar-refractivity contribution is 0.295. The van der Waals surface area contributed by atoms with Crippen LogP contribution in [0.2, 0.25) is 0 Å². The van der Waals surface area contributed by atoms with Gasteiger partial charge in [-0.25, -0.2) is 13.1 Å². The SMILES string of the molecule is CCCCCOc1c(N2CCN(S(C)(=O)=O)CC2)cnn(CC2CC2)c1=O. The Morgan fingerprint density at radius 2 is 1.89 bits per heavy atom. The van der Waals surface area contributed by atoms with Crippen LogP contribution in [0, 0.1) is 5.92 Å². The van der Waals surface area contributed by atoms with Gasteiger partial charge in [0.2, 0.25) is 15.8 Å². The monoisotopic (exact) mass is 398 g/mol. The van der Waals surface area contributed by atoms with E-state index in [1.54, 1.807) is 6.20 Å². The van der Waals surface area contributed by atoms with E-state index >= 15 is 0 Å². The molecule has 2 heterocycles. The van der Waals surface area contributed by atoms with Crippen LogP contribution in [0.4, 0.5) is 5.69 Å². The number of aromatic nitrogens is 2. The van der Waals surface area contributed by atoms with Gasteiger partial charge in [-0.15, -0.1) is 0 Å². The van der Waals surface area contributed by atoms with Crippen LogP contribution in [0.3, 0.4) is 0 Å². The van der Waals surface area contributed by atoms with Crippen LogP contribution in [0.25, 0.3) is 0 Å². The van der Waals surface area contributed by atoms with Crippen molar-refractivity contribution in [3.05, 3.63) is 16.6 Å². The maximum absolute atomic E-state index is 12.9. The Balaban J connectivity index is 1.78. The van der Waals surface area contributed by atoms with Crippen LogP contribution in [0.1, 0.15) is 39.0 Å². The molecule has 8 nitrogen and oxygen atoms in total. The average molecular weight is 399 g/mol. The summed E-state index contributed by atoms with van der Waals surface area (Å²) in [4.78, 5) is 14.9. The summed E-state index contributed by atoms with van der Waals surface area (Å²) < 4.78 is 32.3. The fourth-order valence-electron chi connectivity index (χ4n) is 3.29. The number of hydrogen-bond donors (Lipinski definition) is 0. The Labute approximate surface area is 161 Å². The third-order valence-corrected chi connectivity index (χ3v) is 6.45. The van der Waals surface area contributed by atoms with Gasteiger partial charge in [0.05, 0.1) is 19.1 Å². The lowest BCUT2D eigenvalue weighted by atomic mass is 10.2. The maximum atomic E-state index is 12.9. The molecule has 1 saturated heterocycles. The largest absolute Gasteiger partial charge is 0.486 e. The van der Waals surface area contributed by atoms with E-state index in [4.69, 9.17) is 4.74 Å². The Hall–Kier alpha value is -1.61. The minimum Gasteiger partial charge on any atom is -0.486 e. The van der Waals surface area contributed by atoms with Gasteiger partial charge < -0.3 is 9.64 Å². The van der Waals surface area contributed by atoms with E-state index in [2.05, 4.69) is 12.0 Å². The van der Waals surface area contributed by atoms with E-state index < -0.39 is 10.0 Å². The first kappa shape index (κ1) is 20.1. The van der Waals surface area contributed by atoms with Crippen molar-refractivity contribution in [2.75, 3.05) is 43.9 Å². The van der Waals surface area contributed by atoms with Gasteiger partial charge in [0.15, 0.2) is 0 Å². The Bertz CT molecular complexity index is 796. The molecule has 0 amide bonds. The normalized spacial score (nSPS) is 18.7. The van der Waals surface area contributed by atoms with Crippen molar-refractivity contribution in [2.45, 2.75) is 45.6 Å². The van der Waals surface area contributed by atoms with Gasteiger partial charge in [0, 0.05) is 32.7 Å². The molecule has 1 aromatic heterocycles. The zero-order chi connectivity index (χ0) is 19.4. The van der Waals surface area contributed by atoms with Gasteiger partial charge in [-0.1, -0.05) is 19.8 Å². The molecule has 1 aromatic rings. The summed E-state index contributed by atoms with van der Waals surface area (Å²) in [5, 5.41) is 4.36. The van der Waals surface area contributed by atoms with Crippen molar-refractivity contribution < 1.29 is 13.2 Å². The van der Waals surface area contributed by atoms with E-state index in [0.29, 0.717) is 56.7 Å².